The number of aryl methyl sites for hydroxylation is 1. The summed E-state index contributed by atoms with van der Waals surface area (Å²) >= 11 is 0. The monoisotopic (exact) mass is 248 g/mol. The fraction of sp³-hybridized carbons (Fsp3) is 0.231. The molecule has 0 saturated heterocycles. The number of hydrogen-bond donors (Lipinski definition) is 1. The molecule has 0 atom stereocenters. The second kappa shape index (κ2) is 5.44. The van der Waals surface area contributed by atoms with Gasteiger partial charge in [-0.15, -0.1) is 0 Å². The smallest absolute Gasteiger partial charge is 0.305 e. The number of H-pyrrole nitrogens is 1. The molecule has 0 aliphatic rings. The SMILES string of the molecule is COC(=O)CCc1ncc(-c2ccc(F)cc2)[nH]1. The van der Waals surface area contributed by atoms with Crippen LogP contribution in [0.25, 0.3) is 11.3 Å². The molecule has 1 aromatic carbocycles. The van der Waals surface area contributed by atoms with Crippen molar-refractivity contribution < 1.29 is 13.9 Å². The van der Waals surface area contributed by atoms with Crippen molar-refractivity contribution in [2.75, 3.05) is 7.11 Å². The Morgan fingerprint density at radius 1 is 1.39 bits per heavy atom. The van der Waals surface area contributed by atoms with E-state index >= 15 is 0 Å². The van der Waals surface area contributed by atoms with Crippen LogP contribution in [0.4, 0.5) is 4.39 Å². The molecule has 1 aromatic heterocycles. The highest BCUT2D eigenvalue weighted by Gasteiger charge is 2.06. The molecule has 18 heavy (non-hydrogen) atoms. The standard InChI is InChI=1S/C13H13FN2O2/c1-18-13(17)7-6-12-15-8-11(16-12)9-2-4-10(14)5-3-9/h2-5,8H,6-7H2,1H3,(H,15,16). The minimum Gasteiger partial charge on any atom is -0.469 e. The van der Waals surface area contributed by atoms with Crippen molar-refractivity contribution in [3.63, 3.8) is 0 Å². The second-order valence-electron chi connectivity index (χ2n) is 3.83. The first-order valence-corrected chi connectivity index (χ1v) is 5.55. The maximum Gasteiger partial charge on any atom is 0.305 e. The Hall–Kier alpha value is -2.17. The third-order valence-electron chi connectivity index (χ3n) is 2.58. The third-order valence-corrected chi connectivity index (χ3v) is 2.58. The van der Waals surface area contributed by atoms with Gasteiger partial charge in [-0.05, 0) is 29.8 Å². The molecule has 2 aromatic rings. The van der Waals surface area contributed by atoms with Gasteiger partial charge in [0, 0.05) is 6.42 Å². The molecule has 94 valence electrons. The fourth-order valence-corrected chi connectivity index (χ4v) is 1.59. The number of ether oxygens (including phenoxy) is 1. The van der Waals surface area contributed by atoms with Gasteiger partial charge in [0.25, 0.3) is 0 Å². The number of methoxy groups -OCH3 is 1. The minimum atomic E-state index is -0.274. The van der Waals surface area contributed by atoms with Crippen molar-refractivity contribution in [2.24, 2.45) is 0 Å². The van der Waals surface area contributed by atoms with E-state index < -0.39 is 0 Å². The summed E-state index contributed by atoms with van der Waals surface area (Å²) in [5, 5.41) is 0. The van der Waals surface area contributed by atoms with Crippen molar-refractivity contribution in [2.45, 2.75) is 12.8 Å². The van der Waals surface area contributed by atoms with E-state index in [0.717, 1.165) is 11.3 Å². The van der Waals surface area contributed by atoms with E-state index in [2.05, 4.69) is 14.7 Å². The van der Waals surface area contributed by atoms with Crippen LogP contribution in [0, 0.1) is 5.82 Å². The quantitative estimate of drug-likeness (QED) is 0.845. The Kier molecular flexibility index (Phi) is 3.72. The second-order valence-corrected chi connectivity index (χ2v) is 3.83. The number of imidazole rings is 1. The van der Waals surface area contributed by atoms with E-state index in [9.17, 15) is 9.18 Å². The summed E-state index contributed by atoms with van der Waals surface area (Å²) in [6, 6.07) is 6.13. The lowest BCUT2D eigenvalue weighted by atomic mass is 10.2. The molecule has 0 aliphatic carbocycles. The third kappa shape index (κ3) is 2.94. The lowest BCUT2D eigenvalue weighted by molar-refractivity contribution is -0.140. The lowest BCUT2D eigenvalue weighted by Gasteiger charge is -1.98. The molecular formula is C13H13FN2O2. The van der Waals surface area contributed by atoms with Crippen molar-refractivity contribution in [3.05, 3.63) is 42.1 Å². The first-order valence-electron chi connectivity index (χ1n) is 5.55. The van der Waals surface area contributed by atoms with Gasteiger partial charge in [0.15, 0.2) is 0 Å². The number of aromatic nitrogens is 2. The molecule has 1 N–H and O–H groups in total. The highest BCUT2D eigenvalue weighted by atomic mass is 19.1. The molecule has 0 saturated carbocycles. The summed E-state index contributed by atoms with van der Waals surface area (Å²) in [5.74, 6) is 0.165. The van der Waals surface area contributed by atoms with Gasteiger partial charge in [-0.3, -0.25) is 4.79 Å². The fourth-order valence-electron chi connectivity index (χ4n) is 1.59. The zero-order valence-electron chi connectivity index (χ0n) is 9.94. The number of aromatic amines is 1. The van der Waals surface area contributed by atoms with Crippen LogP contribution in [0.2, 0.25) is 0 Å². The van der Waals surface area contributed by atoms with E-state index in [1.807, 2.05) is 0 Å². The number of esters is 1. The molecule has 4 nitrogen and oxygen atoms in total. The number of rotatable bonds is 4. The summed E-state index contributed by atoms with van der Waals surface area (Å²) in [5.41, 5.74) is 1.66. The molecular weight excluding hydrogens is 235 g/mol. The number of benzene rings is 1. The molecule has 0 bridgehead atoms. The van der Waals surface area contributed by atoms with Gasteiger partial charge in [0.05, 0.1) is 25.4 Å². The van der Waals surface area contributed by atoms with Crippen LogP contribution in [0.5, 0.6) is 0 Å². The van der Waals surface area contributed by atoms with Gasteiger partial charge >= 0.3 is 5.97 Å². The Morgan fingerprint density at radius 2 is 2.11 bits per heavy atom. The Labute approximate surface area is 104 Å². The molecule has 2 rings (SSSR count). The molecule has 1 heterocycles. The van der Waals surface area contributed by atoms with E-state index in [4.69, 9.17) is 0 Å². The highest BCUT2D eigenvalue weighted by Crippen LogP contribution is 2.17. The summed E-state index contributed by atoms with van der Waals surface area (Å²) in [7, 11) is 1.36. The van der Waals surface area contributed by atoms with Gasteiger partial charge in [-0.25, -0.2) is 9.37 Å². The largest absolute Gasteiger partial charge is 0.469 e. The molecule has 0 fully saturated rings. The van der Waals surface area contributed by atoms with E-state index in [1.54, 1.807) is 18.3 Å². The van der Waals surface area contributed by atoms with Gasteiger partial charge in [0.1, 0.15) is 11.6 Å². The first-order chi connectivity index (χ1) is 8.69. The summed E-state index contributed by atoms with van der Waals surface area (Å²) in [4.78, 5) is 18.2. The van der Waals surface area contributed by atoms with E-state index in [0.29, 0.717) is 12.2 Å². The average molecular weight is 248 g/mol. The number of carbonyl (C=O) groups excluding carboxylic acids is 1. The van der Waals surface area contributed by atoms with E-state index in [-0.39, 0.29) is 18.2 Å². The Bertz CT molecular complexity index is 534. The van der Waals surface area contributed by atoms with Gasteiger partial charge in [-0.2, -0.15) is 0 Å². The number of hydrogen-bond acceptors (Lipinski definition) is 3. The maximum atomic E-state index is 12.8. The summed E-state index contributed by atoms with van der Waals surface area (Å²) in [6.07, 6.45) is 2.45. The number of carbonyl (C=O) groups is 1. The summed E-state index contributed by atoms with van der Waals surface area (Å²) < 4.78 is 17.3. The van der Waals surface area contributed by atoms with E-state index in [1.165, 1.54) is 19.2 Å². The lowest BCUT2D eigenvalue weighted by Crippen LogP contribution is -2.02. The van der Waals surface area contributed by atoms with Crippen LogP contribution in [0.1, 0.15) is 12.2 Å². The highest BCUT2D eigenvalue weighted by molar-refractivity contribution is 5.69. The van der Waals surface area contributed by atoms with Crippen LogP contribution in [0.3, 0.4) is 0 Å². The van der Waals surface area contributed by atoms with Crippen molar-refractivity contribution >= 4 is 5.97 Å². The van der Waals surface area contributed by atoms with Crippen molar-refractivity contribution in [1.82, 2.24) is 9.97 Å². The van der Waals surface area contributed by atoms with Crippen molar-refractivity contribution in [3.8, 4) is 11.3 Å². The van der Waals surface area contributed by atoms with Gasteiger partial charge in [-0.1, -0.05) is 0 Å². The maximum absolute atomic E-state index is 12.8. The van der Waals surface area contributed by atoms with Crippen LogP contribution >= 0.6 is 0 Å². The Balaban J connectivity index is 2.06. The molecule has 5 heteroatoms. The summed E-state index contributed by atoms with van der Waals surface area (Å²) in [6.45, 7) is 0. The zero-order valence-corrected chi connectivity index (χ0v) is 9.94. The molecule has 0 unspecified atom stereocenters. The normalized spacial score (nSPS) is 10.3. The van der Waals surface area contributed by atoms with Crippen LogP contribution in [0.15, 0.2) is 30.5 Å². The molecule has 0 radical (unpaired) electrons. The Morgan fingerprint density at radius 3 is 2.78 bits per heavy atom. The minimum absolute atomic E-state index is 0.269. The number of nitrogens with one attached hydrogen (secondary N) is 1. The molecule has 0 spiro atoms. The molecule has 0 amide bonds. The van der Waals surface area contributed by atoms with Crippen LogP contribution in [-0.4, -0.2) is 23.0 Å². The van der Waals surface area contributed by atoms with Crippen molar-refractivity contribution in [1.29, 1.82) is 0 Å². The first kappa shape index (κ1) is 12.3. The van der Waals surface area contributed by atoms with Gasteiger partial charge < -0.3 is 9.72 Å². The van der Waals surface area contributed by atoms with Crippen LogP contribution < -0.4 is 0 Å². The molecule has 0 aliphatic heterocycles. The zero-order chi connectivity index (χ0) is 13.0. The predicted molar refractivity (Wildman–Crippen MR) is 64.3 cm³/mol. The van der Waals surface area contributed by atoms with Crippen LogP contribution in [-0.2, 0) is 16.0 Å². The average Bonchev–Trinajstić information content (AvgIpc) is 2.85. The number of halogens is 1. The topological polar surface area (TPSA) is 55.0 Å². The predicted octanol–water partition coefficient (Wildman–Crippen LogP) is 2.32. The van der Waals surface area contributed by atoms with Gasteiger partial charge in [0.2, 0.25) is 0 Å². The number of nitrogens with zero attached hydrogens (tertiary/aromatic N) is 1.